The standard InChI is InChI=1S/C45H34B7N3O2/c46-34-30(35(47)39(51)41-32(34)33-36(48)37(49)38(50)40(52)42(33)57-41)23-15-19-25(20-16-23)44-53-43(24-17-13-22(14-18-24)21-7-2-1-3-8-21)54-45(55-44)27-10-6-12-29-31(27)26-9-4-5-11-28(26)56-29/h1-20H,46-52H2. The van der Waals surface area contributed by atoms with Crippen molar-refractivity contribution < 1.29 is 8.83 Å². The molecule has 10 rings (SSSR count). The molecule has 0 saturated carbocycles. The van der Waals surface area contributed by atoms with Crippen LogP contribution in [0.3, 0.4) is 0 Å². The molecule has 3 heterocycles. The Kier molecular flexibility index (Phi) is 8.22. The van der Waals surface area contributed by atoms with Gasteiger partial charge in [-0.15, -0.1) is 5.46 Å². The molecule has 0 amide bonds. The predicted octanol–water partition coefficient (Wildman–Crippen LogP) is -0.186. The summed E-state index contributed by atoms with van der Waals surface area (Å²) in [5.74, 6) is 1.81. The monoisotopic (exact) mass is 725 g/mol. The Labute approximate surface area is 337 Å². The molecule has 0 unspecified atom stereocenters. The van der Waals surface area contributed by atoms with Crippen LogP contribution in [0.4, 0.5) is 0 Å². The maximum atomic E-state index is 6.70. The topological polar surface area (TPSA) is 65.0 Å². The SMILES string of the molecule is Bc1c(B)c(B)c2c(oc3c(B)c(B)c(-c4ccc(-c5nc(-c6ccc(-c7ccccc7)cc6)nc(-c6cccc7oc8ccccc8c67)n5)cc4)c(B)c32)c1B. The van der Waals surface area contributed by atoms with Crippen molar-refractivity contribution in [3.8, 4) is 56.4 Å². The summed E-state index contributed by atoms with van der Waals surface area (Å²) in [4.78, 5) is 15.4. The number of hydrogen-bond acceptors (Lipinski definition) is 5. The minimum absolute atomic E-state index is 0.596. The number of benzene rings is 7. The fourth-order valence-corrected chi connectivity index (χ4v) is 8.74. The number of fused-ring (bicyclic) bond motifs is 6. The van der Waals surface area contributed by atoms with Crippen LogP contribution in [0, 0.1) is 0 Å². The summed E-state index contributed by atoms with van der Waals surface area (Å²) in [6, 6.07) is 41.7. The maximum absolute atomic E-state index is 6.70. The van der Waals surface area contributed by atoms with Crippen LogP contribution >= 0.6 is 0 Å². The van der Waals surface area contributed by atoms with Gasteiger partial charge in [-0.3, -0.25) is 0 Å². The van der Waals surface area contributed by atoms with Gasteiger partial charge in [-0.1, -0.05) is 142 Å². The summed E-state index contributed by atoms with van der Waals surface area (Å²) in [6.07, 6.45) is 0. The molecule has 57 heavy (non-hydrogen) atoms. The van der Waals surface area contributed by atoms with Crippen molar-refractivity contribution in [2.45, 2.75) is 0 Å². The molecule has 7 aromatic carbocycles. The highest BCUT2D eigenvalue weighted by Gasteiger charge is 2.23. The molecule has 0 bridgehead atoms. The fourth-order valence-electron chi connectivity index (χ4n) is 8.74. The average molecular weight is 724 g/mol. The van der Waals surface area contributed by atoms with Gasteiger partial charge in [0, 0.05) is 38.2 Å². The zero-order chi connectivity index (χ0) is 39.1. The lowest BCUT2D eigenvalue weighted by molar-refractivity contribution is 0.669. The molecule has 0 aliphatic rings. The van der Waals surface area contributed by atoms with Crippen LogP contribution in [-0.2, 0) is 0 Å². The van der Waals surface area contributed by atoms with Crippen molar-refractivity contribution in [3.05, 3.63) is 121 Å². The second-order valence-electron chi connectivity index (χ2n) is 15.4. The number of furan rings is 2. The van der Waals surface area contributed by atoms with E-state index in [2.05, 4.69) is 140 Å². The molecular weight excluding hydrogens is 690 g/mol. The molecule has 0 N–H and O–H groups in total. The van der Waals surface area contributed by atoms with Gasteiger partial charge in [0.2, 0.25) is 0 Å². The van der Waals surface area contributed by atoms with Gasteiger partial charge in [0.1, 0.15) is 77.3 Å². The third-order valence-corrected chi connectivity index (χ3v) is 12.3. The van der Waals surface area contributed by atoms with Crippen molar-refractivity contribution in [2.24, 2.45) is 0 Å². The Bertz CT molecular complexity index is 3250. The van der Waals surface area contributed by atoms with Gasteiger partial charge in [0.15, 0.2) is 17.5 Å². The Balaban J connectivity index is 1.13. The highest BCUT2D eigenvalue weighted by molar-refractivity contribution is 6.68. The molecule has 0 saturated heterocycles. The van der Waals surface area contributed by atoms with Crippen molar-refractivity contribution in [1.82, 2.24) is 15.0 Å². The van der Waals surface area contributed by atoms with E-state index in [1.54, 1.807) is 0 Å². The number of hydrogen-bond donors (Lipinski definition) is 0. The number of nitrogens with zero attached hydrogens (tertiary/aromatic N) is 3. The van der Waals surface area contributed by atoms with Crippen molar-refractivity contribution in [1.29, 1.82) is 0 Å². The van der Waals surface area contributed by atoms with E-state index in [0.717, 1.165) is 66.5 Å². The molecule has 0 aliphatic heterocycles. The predicted molar refractivity (Wildman–Crippen MR) is 259 cm³/mol. The molecule has 0 spiro atoms. The lowest BCUT2D eigenvalue weighted by Crippen LogP contribution is -2.47. The Hall–Kier alpha value is -6.40. The number of para-hydroxylation sites is 1. The smallest absolute Gasteiger partial charge is 0.164 e. The largest absolute Gasteiger partial charge is 0.457 e. The Morgan fingerprint density at radius 2 is 0.842 bits per heavy atom. The van der Waals surface area contributed by atoms with Gasteiger partial charge >= 0.3 is 0 Å². The van der Waals surface area contributed by atoms with Crippen LogP contribution in [-0.4, -0.2) is 69.9 Å². The molecule has 10 aromatic rings. The molecule has 3 aromatic heterocycles. The second kappa shape index (κ2) is 13.4. The summed E-state index contributed by atoms with van der Waals surface area (Å²) >= 11 is 0. The number of aromatic nitrogens is 3. The van der Waals surface area contributed by atoms with Crippen LogP contribution in [0.2, 0.25) is 0 Å². The lowest BCUT2D eigenvalue weighted by atomic mass is 9.64. The van der Waals surface area contributed by atoms with Crippen molar-refractivity contribution in [3.63, 3.8) is 0 Å². The summed E-state index contributed by atoms with van der Waals surface area (Å²) in [5, 5.41) is 4.46. The Morgan fingerprint density at radius 3 is 1.53 bits per heavy atom. The molecule has 0 radical (unpaired) electrons. The first kappa shape index (κ1) is 35.0. The second-order valence-corrected chi connectivity index (χ2v) is 15.4. The van der Waals surface area contributed by atoms with Crippen molar-refractivity contribution >= 4 is 137 Å². The highest BCUT2D eigenvalue weighted by atomic mass is 16.3. The molecular formula is C45H34B7N3O2. The molecule has 0 aliphatic carbocycles. The van der Waals surface area contributed by atoms with Crippen LogP contribution in [0.25, 0.3) is 100 Å². The van der Waals surface area contributed by atoms with Crippen molar-refractivity contribution in [2.75, 3.05) is 0 Å². The van der Waals surface area contributed by atoms with Gasteiger partial charge in [-0.25, -0.2) is 15.0 Å². The fraction of sp³-hybridized carbons (Fsp3) is 0. The van der Waals surface area contributed by atoms with E-state index in [4.69, 9.17) is 23.8 Å². The van der Waals surface area contributed by atoms with Crippen LogP contribution < -0.4 is 38.2 Å². The van der Waals surface area contributed by atoms with E-state index in [9.17, 15) is 0 Å². The first-order chi connectivity index (χ1) is 27.7. The minimum Gasteiger partial charge on any atom is -0.457 e. The molecule has 5 nitrogen and oxygen atoms in total. The molecule has 0 atom stereocenters. The van der Waals surface area contributed by atoms with E-state index in [1.165, 1.54) is 54.6 Å². The van der Waals surface area contributed by atoms with E-state index >= 15 is 0 Å². The maximum Gasteiger partial charge on any atom is 0.164 e. The highest BCUT2D eigenvalue weighted by Crippen LogP contribution is 2.37. The van der Waals surface area contributed by atoms with Gasteiger partial charge < -0.3 is 8.83 Å². The van der Waals surface area contributed by atoms with Crippen LogP contribution in [0.1, 0.15) is 0 Å². The third kappa shape index (κ3) is 5.53. The first-order valence-electron chi connectivity index (χ1n) is 19.5. The van der Waals surface area contributed by atoms with Gasteiger partial charge in [0.25, 0.3) is 0 Å². The summed E-state index contributed by atoms with van der Waals surface area (Å²) in [6.45, 7) is 0. The first-order valence-corrected chi connectivity index (χ1v) is 19.5. The molecule has 0 fully saturated rings. The normalized spacial score (nSPS) is 11.6. The summed E-state index contributed by atoms with van der Waals surface area (Å²) in [5.41, 5.74) is 19.8. The number of rotatable bonds is 5. The van der Waals surface area contributed by atoms with E-state index < -0.39 is 0 Å². The van der Waals surface area contributed by atoms with E-state index in [-0.39, 0.29) is 0 Å². The quantitative estimate of drug-likeness (QED) is 0.231. The van der Waals surface area contributed by atoms with Gasteiger partial charge in [-0.05, 0) is 34.4 Å². The lowest BCUT2D eigenvalue weighted by Gasteiger charge is -2.17. The van der Waals surface area contributed by atoms with E-state index in [0.29, 0.717) is 17.5 Å². The van der Waals surface area contributed by atoms with E-state index in [1.807, 2.05) is 36.4 Å². The van der Waals surface area contributed by atoms with Gasteiger partial charge in [-0.2, -0.15) is 0 Å². The van der Waals surface area contributed by atoms with Crippen LogP contribution in [0.15, 0.2) is 130 Å². The summed E-state index contributed by atoms with van der Waals surface area (Å²) < 4.78 is 13.0. The minimum atomic E-state index is 0.596. The third-order valence-electron chi connectivity index (χ3n) is 12.3. The molecule has 12 heteroatoms. The van der Waals surface area contributed by atoms with Gasteiger partial charge in [0.05, 0.1) is 0 Å². The average Bonchev–Trinajstić information content (AvgIpc) is 3.85. The zero-order valence-corrected chi connectivity index (χ0v) is 33.2. The zero-order valence-electron chi connectivity index (χ0n) is 33.2. The van der Waals surface area contributed by atoms with Crippen LogP contribution in [0.5, 0.6) is 0 Å². The summed E-state index contributed by atoms with van der Waals surface area (Å²) in [7, 11) is 15.5. The molecule has 262 valence electrons. The Morgan fingerprint density at radius 1 is 0.333 bits per heavy atom.